The number of aromatic nitrogens is 3. The first-order valence-corrected chi connectivity index (χ1v) is 9.39. The molecule has 148 valence electrons. The van der Waals surface area contributed by atoms with Crippen LogP contribution >= 0.6 is 0 Å². The van der Waals surface area contributed by atoms with Crippen molar-refractivity contribution in [1.29, 1.82) is 0 Å². The number of nitrogens with one attached hydrogen (secondary N) is 1. The fraction of sp³-hybridized carbons (Fsp3) is 0.238. The molecule has 29 heavy (non-hydrogen) atoms. The van der Waals surface area contributed by atoms with E-state index in [1.807, 2.05) is 12.1 Å². The maximum Gasteiger partial charge on any atom is 0.255 e. The van der Waals surface area contributed by atoms with E-state index < -0.39 is 0 Å². The average molecular weight is 391 g/mol. The predicted octanol–water partition coefficient (Wildman–Crippen LogP) is 2.05. The molecular weight excluding hydrogens is 370 g/mol. The Balaban J connectivity index is 1.41. The summed E-state index contributed by atoms with van der Waals surface area (Å²) in [7, 11) is 0. The number of nitrogens with zero attached hydrogens (tertiary/aromatic N) is 4. The standard InChI is InChI=1S/C21H21N5O3/c27-20(17-6-4-16(5-7-17)13-26-15-22-14-23-26)24-19-3-1-2-18(12-19)21(28)25-8-10-29-11-9-25/h1-7,12,14-15H,8-11,13H2,(H,24,27). The van der Waals surface area contributed by atoms with Gasteiger partial charge in [0.15, 0.2) is 0 Å². The third-order valence-corrected chi connectivity index (χ3v) is 4.69. The quantitative estimate of drug-likeness (QED) is 0.719. The van der Waals surface area contributed by atoms with Gasteiger partial charge >= 0.3 is 0 Å². The molecule has 1 saturated heterocycles. The maximum absolute atomic E-state index is 12.6. The highest BCUT2D eigenvalue weighted by molar-refractivity contribution is 6.05. The lowest BCUT2D eigenvalue weighted by molar-refractivity contribution is 0.0303. The van der Waals surface area contributed by atoms with Crippen LogP contribution in [0.4, 0.5) is 5.69 Å². The van der Waals surface area contributed by atoms with Crippen LogP contribution in [-0.2, 0) is 11.3 Å². The summed E-state index contributed by atoms with van der Waals surface area (Å²) in [5.41, 5.74) is 2.69. The highest BCUT2D eigenvalue weighted by Gasteiger charge is 2.19. The van der Waals surface area contributed by atoms with Gasteiger partial charge in [-0.2, -0.15) is 5.10 Å². The first-order chi connectivity index (χ1) is 14.2. The third-order valence-electron chi connectivity index (χ3n) is 4.69. The van der Waals surface area contributed by atoms with Gasteiger partial charge in [0.1, 0.15) is 12.7 Å². The van der Waals surface area contributed by atoms with Crippen molar-refractivity contribution in [2.24, 2.45) is 0 Å². The van der Waals surface area contributed by atoms with Crippen LogP contribution in [-0.4, -0.2) is 57.8 Å². The minimum atomic E-state index is -0.228. The number of carbonyl (C=O) groups is 2. The van der Waals surface area contributed by atoms with Crippen LogP contribution in [0.15, 0.2) is 61.2 Å². The largest absolute Gasteiger partial charge is 0.378 e. The molecule has 0 bridgehead atoms. The zero-order valence-corrected chi connectivity index (χ0v) is 15.8. The van der Waals surface area contributed by atoms with Gasteiger partial charge in [0.25, 0.3) is 11.8 Å². The lowest BCUT2D eigenvalue weighted by Gasteiger charge is -2.27. The molecule has 2 aromatic carbocycles. The van der Waals surface area contributed by atoms with E-state index in [0.717, 1.165) is 5.56 Å². The van der Waals surface area contributed by atoms with Crippen molar-refractivity contribution in [2.75, 3.05) is 31.6 Å². The Bertz CT molecular complexity index is 980. The number of ether oxygens (including phenoxy) is 1. The van der Waals surface area contributed by atoms with E-state index in [1.54, 1.807) is 52.3 Å². The van der Waals surface area contributed by atoms with E-state index >= 15 is 0 Å². The Kier molecular flexibility index (Phi) is 5.62. The lowest BCUT2D eigenvalue weighted by Crippen LogP contribution is -2.40. The molecule has 4 rings (SSSR count). The summed E-state index contributed by atoms with van der Waals surface area (Å²) in [6.07, 6.45) is 3.13. The molecule has 1 aromatic heterocycles. The van der Waals surface area contributed by atoms with E-state index in [-0.39, 0.29) is 11.8 Å². The van der Waals surface area contributed by atoms with Crippen LogP contribution in [0, 0.1) is 0 Å². The highest BCUT2D eigenvalue weighted by atomic mass is 16.5. The summed E-state index contributed by atoms with van der Waals surface area (Å²) in [5.74, 6) is -0.282. The molecule has 0 atom stereocenters. The second-order valence-corrected chi connectivity index (χ2v) is 6.73. The van der Waals surface area contributed by atoms with Crippen LogP contribution in [0.1, 0.15) is 26.3 Å². The van der Waals surface area contributed by atoms with Crippen molar-refractivity contribution < 1.29 is 14.3 Å². The number of benzene rings is 2. The Hall–Kier alpha value is -3.52. The normalized spacial score (nSPS) is 13.9. The molecule has 2 heterocycles. The second kappa shape index (κ2) is 8.66. The predicted molar refractivity (Wildman–Crippen MR) is 107 cm³/mol. The van der Waals surface area contributed by atoms with Crippen molar-refractivity contribution in [3.05, 3.63) is 77.9 Å². The molecule has 0 radical (unpaired) electrons. The van der Waals surface area contributed by atoms with E-state index in [0.29, 0.717) is 49.7 Å². The van der Waals surface area contributed by atoms with Gasteiger partial charge in [-0.15, -0.1) is 0 Å². The van der Waals surface area contributed by atoms with Crippen molar-refractivity contribution in [1.82, 2.24) is 19.7 Å². The summed E-state index contributed by atoms with van der Waals surface area (Å²) in [4.78, 5) is 30.9. The minimum absolute atomic E-state index is 0.0538. The van der Waals surface area contributed by atoms with Crippen molar-refractivity contribution in [3.63, 3.8) is 0 Å². The first kappa shape index (κ1) is 18.8. The number of amides is 2. The van der Waals surface area contributed by atoms with E-state index in [2.05, 4.69) is 15.4 Å². The fourth-order valence-electron chi connectivity index (χ4n) is 3.15. The first-order valence-electron chi connectivity index (χ1n) is 9.39. The summed E-state index contributed by atoms with van der Waals surface area (Å²) in [5, 5.41) is 6.93. The van der Waals surface area contributed by atoms with Gasteiger partial charge in [-0.3, -0.25) is 9.59 Å². The molecule has 1 aliphatic rings. The molecule has 0 aliphatic carbocycles. The fourth-order valence-corrected chi connectivity index (χ4v) is 3.15. The number of rotatable bonds is 5. The SMILES string of the molecule is O=C(Nc1cccc(C(=O)N2CCOCC2)c1)c1ccc(Cn2cncn2)cc1. The second-order valence-electron chi connectivity index (χ2n) is 6.73. The van der Waals surface area contributed by atoms with E-state index in [4.69, 9.17) is 4.74 Å². The molecule has 8 nitrogen and oxygen atoms in total. The lowest BCUT2D eigenvalue weighted by atomic mass is 10.1. The van der Waals surface area contributed by atoms with Gasteiger partial charge in [-0.05, 0) is 35.9 Å². The van der Waals surface area contributed by atoms with Crippen LogP contribution in [0.2, 0.25) is 0 Å². The average Bonchev–Trinajstić information content (AvgIpc) is 3.27. The van der Waals surface area contributed by atoms with E-state index in [9.17, 15) is 9.59 Å². The maximum atomic E-state index is 12.6. The Morgan fingerprint density at radius 3 is 2.55 bits per heavy atom. The number of carbonyl (C=O) groups excluding carboxylic acids is 2. The van der Waals surface area contributed by atoms with Gasteiger partial charge in [0, 0.05) is 29.9 Å². The van der Waals surface area contributed by atoms with Crippen LogP contribution in [0.25, 0.3) is 0 Å². The zero-order chi connectivity index (χ0) is 20.1. The van der Waals surface area contributed by atoms with Gasteiger partial charge in [-0.1, -0.05) is 18.2 Å². The summed E-state index contributed by atoms with van der Waals surface area (Å²) in [6, 6.07) is 14.3. The number of hydrogen-bond acceptors (Lipinski definition) is 5. The number of hydrogen-bond donors (Lipinski definition) is 1. The Morgan fingerprint density at radius 1 is 1.03 bits per heavy atom. The molecule has 2 amide bonds. The third kappa shape index (κ3) is 4.67. The van der Waals surface area contributed by atoms with Gasteiger partial charge < -0.3 is 15.0 Å². The number of anilines is 1. The van der Waals surface area contributed by atoms with Crippen molar-refractivity contribution >= 4 is 17.5 Å². The van der Waals surface area contributed by atoms with Gasteiger partial charge in [0.2, 0.25) is 0 Å². The molecule has 1 N–H and O–H groups in total. The topological polar surface area (TPSA) is 89.4 Å². The summed E-state index contributed by atoms with van der Waals surface area (Å²) in [6.45, 7) is 2.85. The Labute approximate surface area is 168 Å². The minimum Gasteiger partial charge on any atom is -0.378 e. The molecular formula is C21H21N5O3. The monoisotopic (exact) mass is 391 g/mol. The molecule has 0 saturated carbocycles. The molecule has 8 heteroatoms. The summed E-state index contributed by atoms with van der Waals surface area (Å²) >= 11 is 0. The zero-order valence-electron chi connectivity index (χ0n) is 15.8. The highest BCUT2D eigenvalue weighted by Crippen LogP contribution is 2.15. The van der Waals surface area contributed by atoms with Crippen molar-refractivity contribution in [3.8, 4) is 0 Å². The summed E-state index contributed by atoms with van der Waals surface area (Å²) < 4.78 is 7.00. The van der Waals surface area contributed by atoms with Crippen LogP contribution in [0.3, 0.4) is 0 Å². The van der Waals surface area contributed by atoms with Crippen LogP contribution in [0.5, 0.6) is 0 Å². The van der Waals surface area contributed by atoms with E-state index in [1.165, 1.54) is 6.33 Å². The number of morpholine rings is 1. The smallest absolute Gasteiger partial charge is 0.255 e. The molecule has 1 fully saturated rings. The van der Waals surface area contributed by atoms with Gasteiger partial charge in [-0.25, -0.2) is 9.67 Å². The Morgan fingerprint density at radius 2 is 1.83 bits per heavy atom. The molecule has 0 spiro atoms. The molecule has 1 aliphatic heterocycles. The van der Waals surface area contributed by atoms with Gasteiger partial charge in [0.05, 0.1) is 19.8 Å². The van der Waals surface area contributed by atoms with Crippen LogP contribution < -0.4 is 5.32 Å². The van der Waals surface area contributed by atoms with Crippen molar-refractivity contribution in [2.45, 2.75) is 6.54 Å². The molecule has 3 aromatic rings. The molecule has 0 unspecified atom stereocenters.